The zero-order valence-electron chi connectivity index (χ0n) is 8.41. The molecule has 1 aromatic carbocycles. The summed E-state index contributed by atoms with van der Waals surface area (Å²) in [6.45, 7) is 5.01. The summed E-state index contributed by atoms with van der Waals surface area (Å²) < 4.78 is 2.17. The molecule has 2 heteroatoms. The molecular formula is C12H12N2. The zero-order valence-corrected chi connectivity index (χ0v) is 8.41. The Morgan fingerprint density at radius 3 is 2.71 bits per heavy atom. The first-order valence-corrected chi connectivity index (χ1v) is 4.77. The molecule has 0 amide bonds. The van der Waals surface area contributed by atoms with Gasteiger partial charge in [-0.2, -0.15) is 5.26 Å². The van der Waals surface area contributed by atoms with Crippen LogP contribution in [0.15, 0.2) is 24.3 Å². The summed E-state index contributed by atoms with van der Waals surface area (Å²) in [6, 6.07) is 10.3. The first-order valence-electron chi connectivity index (χ1n) is 4.77. The van der Waals surface area contributed by atoms with E-state index < -0.39 is 0 Å². The fraction of sp³-hybridized carbons (Fsp3) is 0.250. The lowest BCUT2D eigenvalue weighted by atomic mass is 10.1. The van der Waals surface area contributed by atoms with Crippen LogP contribution in [0.5, 0.6) is 0 Å². The molecule has 2 nitrogen and oxygen atoms in total. The third-order valence-corrected chi connectivity index (χ3v) is 2.66. The quantitative estimate of drug-likeness (QED) is 0.670. The van der Waals surface area contributed by atoms with E-state index in [1.807, 2.05) is 25.1 Å². The largest absolute Gasteiger partial charge is 0.344 e. The number of rotatable bonds is 1. The molecule has 0 aliphatic carbocycles. The van der Waals surface area contributed by atoms with E-state index in [1.165, 1.54) is 0 Å². The summed E-state index contributed by atoms with van der Waals surface area (Å²) in [4.78, 5) is 0. The lowest BCUT2D eigenvalue weighted by Gasteiger charge is -2.02. The SMILES string of the molecule is CCn1c(C)c(C#N)c2ccccc21. The molecule has 0 atom stereocenters. The van der Waals surface area contributed by atoms with Crippen molar-refractivity contribution in [1.82, 2.24) is 4.57 Å². The van der Waals surface area contributed by atoms with Gasteiger partial charge in [-0.05, 0) is 19.9 Å². The lowest BCUT2D eigenvalue weighted by molar-refractivity contribution is 0.768. The van der Waals surface area contributed by atoms with E-state index in [4.69, 9.17) is 5.26 Å². The average molecular weight is 184 g/mol. The van der Waals surface area contributed by atoms with Gasteiger partial charge in [0, 0.05) is 23.1 Å². The predicted octanol–water partition coefficient (Wildman–Crippen LogP) is 2.84. The molecule has 2 aromatic rings. The molecule has 0 saturated heterocycles. The Kier molecular flexibility index (Phi) is 2.01. The highest BCUT2D eigenvalue weighted by Gasteiger charge is 2.11. The highest BCUT2D eigenvalue weighted by molar-refractivity contribution is 5.87. The van der Waals surface area contributed by atoms with Crippen LogP contribution in [-0.2, 0) is 6.54 Å². The van der Waals surface area contributed by atoms with Crippen LogP contribution in [0.1, 0.15) is 18.2 Å². The standard InChI is InChI=1S/C12H12N2/c1-3-14-9(2)11(8-13)10-6-4-5-7-12(10)14/h4-7H,3H2,1-2H3. The van der Waals surface area contributed by atoms with E-state index in [0.29, 0.717) is 0 Å². The van der Waals surface area contributed by atoms with Crippen LogP contribution in [0.3, 0.4) is 0 Å². The van der Waals surface area contributed by atoms with Gasteiger partial charge in [0.05, 0.1) is 5.56 Å². The average Bonchev–Trinajstić information content (AvgIpc) is 2.49. The molecule has 2 rings (SSSR count). The van der Waals surface area contributed by atoms with Crippen LogP contribution in [0, 0.1) is 18.3 Å². The zero-order chi connectivity index (χ0) is 10.1. The molecule has 0 radical (unpaired) electrons. The molecule has 1 heterocycles. The van der Waals surface area contributed by atoms with Crippen molar-refractivity contribution in [2.75, 3.05) is 0 Å². The first-order chi connectivity index (χ1) is 6.79. The number of aryl methyl sites for hydroxylation is 1. The molecule has 14 heavy (non-hydrogen) atoms. The van der Waals surface area contributed by atoms with E-state index in [2.05, 4.69) is 23.6 Å². The molecule has 0 aliphatic rings. The maximum atomic E-state index is 9.06. The molecular weight excluding hydrogens is 172 g/mol. The number of benzene rings is 1. The number of hydrogen-bond acceptors (Lipinski definition) is 1. The van der Waals surface area contributed by atoms with Crippen LogP contribution in [0.25, 0.3) is 10.9 Å². The Labute approximate surface area is 83.4 Å². The summed E-state index contributed by atoms with van der Waals surface area (Å²) in [7, 11) is 0. The van der Waals surface area contributed by atoms with Gasteiger partial charge < -0.3 is 4.57 Å². The fourth-order valence-corrected chi connectivity index (χ4v) is 1.98. The van der Waals surface area contributed by atoms with Crippen molar-refractivity contribution < 1.29 is 0 Å². The van der Waals surface area contributed by atoms with Gasteiger partial charge >= 0.3 is 0 Å². The normalized spacial score (nSPS) is 10.4. The van der Waals surface area contributed by atoms with Crippen LogP contribution < -0.4 is 0 Å². The summed E-state index contributed by atoms with van der Waals surface area (Å²) in [5.74, 6) is 0. The van der Waals surface area contributed by atoms with E-state index in [-0.39, 0.29) is 0 Å². The van der Waals surface area contributed by atoms with Gasteiger partial charge in [-0.15, -0.1) is 0 Å². The monoisotopic (exact) mass is 184 g/mol. The van der Waals surface area contributed by atoms with Crippen LogP contribution >= 0.6 is 0 Å². The van der Waals surface area contributed by atoms with Gasteiger partial charge in [0.2, 0.25) is 0 Å². The fourth-order valence-electron chi connectivity index (χ4n) is 1.98. The van der Waals surface area contributed by atoms with Gasteiger partial charge in [0.1, 0.15) is 6.07 Å². The molecule has 0 spiro atoms. The molecule has 0 saturated carbocycles. The van der Waals surface area contributed by atoms with Gasteiger partial charge in [-0.1, -0.05) is 18.2 Å². The van der Waals surface area contributed by atoms with Crippen molar-refractivity contribution in [3.63, 3.8) is 0 Å². The second kappa shape index (κ2) is 3.19. The maximum absolute atomic E-state index is 9.06. The Morgan fingerprint density at radius 1 is 1.36 bits per heavy atom. The highest BCUT2D eigenvalue weighted by atomic mass is 15.0. The van der Waals surface area contributed by atoms with E-state index in [9.17, 15) is 0 Å². The topological polar surface area (TPSA) is 28.7 Å². The Bertz CT molecular complexity index is 515. The van der Waals surface area contributed by atoms with Crippen molar-refractivity contribution in [1.29, 1.82) is 5.26 Å². The predicted molar refractivity (Wildman–Crippen MR) is 57.1 cm³/mol. The summed E-state index contributed by atoms with van der Waals surface area (Å²) in [5, 5.41) is 10.1. The van der Waals surface area contributed by atoms with Gasteiger partial charge in [-0.25, -0.2) is 0 Å². The number of nitrogens with zero attached hydrogens (tertiary/aromatic N) is 2. The first kappa shape index (κ1) is 8.83. The van der Waals surface area contributed by atoms with Crippen LogP contribution in [-0.4, -0.2) is 4.57 Å². The van der Waals surface area contributed by atoms with E-state index in [1.54, 1.807) is 0 Å². The van der Waals surface area contributed by atoms with Crippen molar-refractivity contribution in [2.24, 2.45) is 0 Å². The molecule has 0 bridgehead atoms. The molecule has 0 unspecified atom stereocenters. The smallest absolute Gasteiger partial charge is 0.102 e. The third-order valence-electron chi connectivity index (χ3n) is 2.66. The number of hydrogen-bond donors (Lipinski definition) is 0. The molecule has 0 fully saturated rings. The lowest BCUT2D eigenvalue weighted by Crippen LogP contribution is -1.96. The molecule has 0 N–H and O–H groups in total. The summed E-state index contributed by atoms with van der Waals surface area (Å²) in [6.07, 6.45) is 0. The second-order valence-electron chi connectivity index (χ2n) is 3.33. The maximum Gasteiger partial charge on any atom is 0.102 e. The molecule has 0 aliphatic heterocycles. The Balaban J connectivity index is 2.94. The number of para-hydroxylation sites is 1. The van der Waals surface area contributed by atoms with Gasteiger partial charge in [0.25, 0.3) is 0 Å². The minimum Gasteiger partial charge on any atom is -0.344 e. The number of aromatic nitrogens is 1. The minimum absolute atomic E-state index is 0.808. The summed E-state index contributed by atoms with van der Waals surface area (Å²) in [5.41, 5.74) is 3.03. The number of nitriles is 1. The van der Waals surface area contributed by atoms with Crippen LogP contribution in [0.4, 0.5) is 0 Å². The van der Waals surface area contributed by atoms with E-state index >= 15 is 0 Å². The third kappa shape index (κ3) is 1.03. The van der Waals surface area contributed by atoms with Crippen LogP contribution in [0.2, 0.25) is 0 Å². The molecule has 70 valence electrons. The van der Waals surface area contributed by atoms with Crippen molar-refractivity contribution in [2.45, 2.75) is 20.4 Å². The molecule has 1 aromatic heterocycles. The van der Waals surface area contributed by atoms with Gasteiger partial charge in [0.15, 0.2) is 0 Å². The van der Waals surface area contributed by atoms with Crippen molar-refractivity contribution in [3.8, 4) is 6.07 Å². The van der Waals surface area contributed by atoms with E-state index in [0.717, 1.165) is 28.7 Å². The van der Waals surface area contributed by atoms with Crippen molar-refractivity contribution in [3.05, 3.63) is 35.5 Å². The Morgan fingerprint density at radius 2 is 2.07 bits per heavy atom. The minimum atomic E-state index is 0.808. The Hall–Kier alpha value is -1.75. The highest BCUT2D eigenvalue weighted by Crippen LogP contribution is 2.24. The summed E-state index contributed by atoms with van der Waals surface area (Å²) >= 11 is 0. The number of fused-ring (bicyclic) bond motifs is 1. The second-order valence-corrected chi connectivity index (χ2v) is 3.33. The van der Waals surface area contributed by atoms with Gasteiger partial charge in [-0.3, -0.25) is 0 Å². The van der Waals surface area contributed by atoms with Crippen molar-refractivity contribution >= 4 is 10.9 Å².